The minimum Gasteiger partial charge on any atom is -0.339 e. The summed E-state index contributed by atoms with van der Waals surface area (Å²) in [6.07, 6.45) is 1.82. The molecule has 1 unspecified atom stereocenters. The number of rotatable bonds is 5. The second-order valence-electron chi connectivity index (χ2n) is 6.86. The number of carbonyl (C=O) groups excluding carboxylic acids is 2. The van der Waals surface area contributed by atoms with Crippen LogP contribution in [0.5, 0.6) is 0 Å². The van der Waals surface area contributed by atoms with Crippen LogP contribution in [0.15, 0.2) is 48.5 Å². The Morgan fingerprint density at radius 2 is 1.89 bits per heavy atom. The number of urea groups is 1. The van der Waals surface area contributed by atoms with Gasteiger partial charge in [0.15, 0.2) is 0 Å². The molecule has 0 spiro atoms. The van der Waals surface area contributed by atoms with Crippen LogP contribution in [-0.2, 0) is 0 Å². The number of amides is 3. The van der Waals surface area contributed by atoms with Crippen molar-refractivity contribution in [3.05, 3.63) is 64.7 Å². The van der Waals surface area contributed by atoms with Crippen LogP contribution in [0, 0.1) is 0 Å². The van der Waals surface area contributed by atoms with Gasteiger partial charge in [-0.3, -0.25) is 4.79 Å². The van der Waals surface area contributed by atoms with E-state index in [2.05, 4.69) is 5.32 Å². The normalized spacial score (nSPS) is 16.1. The zero-order chi connectivity index (χ0) is 20.1. The van der Waals surface area contributed by atoms with Crippen LogP contribution in [-0.4, -0.2) is 41.4 Å². The highest BCUT2D eigenvalue weighted by Crippen LogP contribution is 2.36. The summed E-state index contributed by atoms with van der Waals surface area (Å²) in [5, 5.41) is 3.63. The van der Waals surface area contributed by atoms with Gasteiger partial charge in [0.25, 0.3) is 5.91 Å². The zero-order valence-corrected chi connectivity index (χ0v) is 17.1. The number of anilines is 1. The third kappa shape index (κ3) is 4.30. The van der Waals surface area contributed by atoms with Gasteiger partial charge in [-0.1, -0.05) is 35.9 Å². The number of benzene rings is 2. The Morgan fingerprint density at radius 3 is 2.61 bits per heavy atom. The first kappa shape index (κ1) is 20.2. The summed E-state index contributed by atoms with van der Waals surface area (Å²) in [4.78, 5) is 29.1. The molecule has 0 radical (unpaired) electrons. The number of hydrogen-bond donors (Lipinski definition) is 1. The van der Waals surface area contributed by atoms with E-state index in [0.29, 0.717) is 35.9 Å². The molecule has 148 valence electrons. The van der Waals surface area contributed by atoms with Gasteiger partial charge in [0, 0.05) is 35.9 Å². The summed E-state index contributed by atoms with van der Waals surface area (Å²) in [6.45, 7) is 5.89. The van der Waals surface area contributed by atoms with Crippen molar-refractivity contribution < 1.29 is 9.59 Å². The van der Waals surface area contributed by atoms with Crippen molar-refractivity contribution in [2.24, 2.45) is 0 Å². The van der Waals surface area contributed by atoms with Crippen molar-refractivity contribution >= 4 is 29.2 Å². The maximum absolute atomic E-state index is 12.9. The lowest BCUT2D eigenvalue weighted by Crippen LogP contribution is -2.34. The van der Waals surface area contributed by atoms with E-state index in [1.165, 1.54) is 0 Å². The number of hydrogen-bond acceptors (Lipinski definition) is 2. The fraction of sp³-hybridized carbons (Fsp3) is 0.364. The Labute approximate surface area is 171 Å². The highest BCUT2D eigenvalue weighted by Gasteiger charge is 2.31. The summed E-state index contributed by atoms with van der Waals surface area (Å²) in [5.74, 6) is -0.0313. The highest BCUT2D eigenvalue weighted by atomic mass is 35.5. The molecule has 0 bridgehead atoms. The number of nitrogens with one attached hydrogen (secondary N) is 1. The average molecular weight is 400 g/mol. The first-order chi connectivity index (χ1) is 13.5. The molecule has 1 fully saturated rings. The summed E-state index contributed by atoms with van der Waals surface area (Å²) >= 11 is 6.35. The lowest BCUT2D eigenvalue weighted by atomic mass is 10.0. The maximum Gasteiger partial charge on any atom is 0.322 e. The number of likely N-dealkylation sites (tertiary alicyclic amines) is 1. The van der Waals surface area contributed by atoms with Gasteiger partial charge in [-0.2, -0.15) is 0 Å². The Hall–Kier alpha value is -2.53. The van der Waals surface area contributed by atoms with Gasteiger partial charge >= 0.3 is 6.03 Å². The molecule has 2 aromatic rings. The molecule has 0 aliphatic carbocycles. The van der Waals surface area contributed by atoms with Crippen molar-refractivity contribution in [3.63, 3.8) is 0 Å². The van der Waals surface area contributed by atoms with Gasteiger partial charge in [0.2, 0.25) is 0 Å². The van der Waals surface area contributed by atoms with Gasteiger partial charge in [-0.25, -0.2) is 4.79 Å². The van der Waals surface area contributed by atoms with Crippen molar-refractivity contribution in [2.45, 2.75) is 32.7 Å². The summed E-state index contributed by atoms with van der Waals surface area (Å²) in [5.41, 5.74) is 2.17. The molecule has 1 saturated heterocycles. The van der Waals surface area contributed by atoms with Crippen LogP contribution in [0.2, 0.25) is 5.02 Å². The number of halogens is 1. The first-order valence-corrected chi connectivity index (χ1v) is 10.1. The zero-order valence-electron chi connectivity index (χ0n) is 16.3. The molecular weight excluding hydrogens is 374 g/mol. The lowest BCUT2D eigenvalue weighted by Gasteiger charge is -2.26. The van der Waals surface area contributed by atoms with Gasteiger partial charge in [-0.15, -0.1) is 0 Å². The van der Waals surface area contributed by atoms with Gasteiger partial charge in [0.05, 0.1) is 6.04 Å². The molecule has 0 aromatic heterocycles. The summed E-state index contributed by atoms with van der Waals surface area (Å²) < 4.78 is 0. The van der Waals surface area contributed by atoms with E-state index < -0.39 is 0 Å². The third-order valence-electron chi connectivity index (χ3n) is 5.19. The molecule has 1 aliphatic rings. The molecule has 1 N–H and O–H groups in total. The quantitative estimate of drug-likeness (QED) is 0.752. The third-order valence-corrected chi connectivity index (χ3v) is 5.53. The predicted octanol–water partition coefficient (Wildman–Crippen LogP) is 5.19. The van der Waals surface area contributed by atoms with Gasteiger partial charge in [-0.05, 0) is 56.5 Å². The Kier molecular flexibility index (Phi) is 6.57. The molecule has 1 atom stereocenters. The predicted molar refractivity (Wildman–Crippen MR) is 113 cm³/mol. The van der Waals surface area contributed by atoms with Crippen LogP contribution in [0.1, 0.15) is 48.7 Å². The van der Waals surface area contributed by atoms with Crippen LogP contribution < -0.4 is 5.32 Å². The van der Waals surface area contributed by atoms with E-state index in [1.807, 2.05) is 43.0 Å². The van der Waals surface area contributed by atoms with Crippen molar-refractivity contribution in [1.29, 1.82) is 0 Å². The van der Waals surface area contributed by atoms with E-state index >= 15 is 0 Å². The lowest BCUT2D eigenvalue weighted by molar-refractivity contribution is 0.0773. The number of nitrogens with zero attached hydrogens (tertiary/aromatic N) is 2. The highest BCUT2D eigenvalue weighted by molar-refractivity contribution is 6.31. The fourth-order valence-electron chi connectivity index (χ4n) is 3.70. The molecule has 1 heterocycles. The monoisotopic (exact) mass is 399 g/mol. The fourth-order valence-corrected chi connectivity index (χ4v) is 3.96. The Morgan fingerprint density at radius 1 is 1.14 bits per heavy atom. The van der Waals surface area contributed by atoms with Crippen molar-refractivity contribution in [2.75, 3.05) is 25.0 Å². The minimum atomic E-state index is -0.171. The minimum absolute atomic E-state index is 0.0313. The molecule has 1 aliphatic heterocycles. The van der Waals surface area contributed by atoms with Crippen LogP contribution in [0.3, 0.4) is 0 Å². The summed E-state index contributed by atoms with van der Waals surface area (Å²) in [7, 11) is 0. The standard InChI is InChI=1S/C22H26ClN3O2/c1-3-25(4-2)21(27)16-9-7-10-17(15-16)24-22(28)26-14-8-13-20(26)18-11-5-6-12-19(18)23/h5-7,9-12,15,20H,3-4,8,13-14H2,1-2H3,(H,24,28). The second-order valence-corrected chi connectivity index (χ2v) is 7.27. The smallest absolute Gasteiger partial charge is 0.322 e. The van der Waals surface area contributed by atoms with Crippen molar-refractivity contribution in [1.82, 2.24) is 9.80 Å². The van der Waals surface area contributed by atoms with Crippen LogP contribution in [0.4, 0.5) is 10.5 Å². The summed E-state index contributed by atoms with van der Waals surface area (Å²) in [6, 6.07) is 14.6. The molecule has 2 aromatic carbocycles. The largest absolute Gasteiger partial charge is 0.339 e. The maximum atomic E-state index is 12.9. The van der Waals surface area contributed by atoms with Crippen LogP contribution in [0.25, 0.3) is 0 Å². The topological polar surface area (TPSA) is 52.7 Å². The van der Waals surface area contributed by atoms with E-state index in [4.69, 9.17) is 11.6 Å². The van der Waals surface area contributed by atoms with Crippen molar-refractivity contribution in [3.8, 4) is 0 Å². The molecular formula is C22H26ClN3O2. The SMILES string of the molecule is CCN(CC)C(=O)c1cccc(NC(=O)N2CCCC2c2ccccc2Cl)c1. The molecule has 3 amide bonds. The van der Waals surface area contributed by atoms with Gasteiger partial charge in [0.1, 0.15) is 0 Å². The average Bonchev–Trinajstić information content (AvgIpc) is 3.19. The Balaban J connectivity index is 1.75. The second kappa shape index (κ2) is 9.11. The van der Waals surface area contributed by atoms with E-state index in [-0.39, 0.29) is 18.0 Å². The van der Waals surface area contributed by atoms with E-state index in [1.54, 1.807) is 29.2 Å². The molecule has 5 nitrogen and oxygen atoms in total. The van der Waals surface area contributed by atoms with E-state index in [9.17, 15) is 9.59 Å². The Bertz CT molecular complexity index is 851. The van der Waals surface area contributed by atoms with Gasteiger partial charge < -0.3 is 15.1 Å². The van der Waals surface area contributed by atoms with Crippen LogP contribution >= 0.6 is 11.6 Å². The molecule has 3 rings (SSSR count). The van der Waals surface area contributed by atoms with E-state index in [0.717, 1.165) is 18.4 Å². The number of carbonyl (C=O) groups is 2. The molecule has 0 saturated carbocycles. The molecule has 6 heteroatoms. The molecule has 28 heavy (non-hydrogen) atoms. The first-order valence-electron chi connectivity index (χ1n) is 9.76.